The lowest BCUT2D eigenvalue weighted by Gasteiger charge is -2.50. The van der Waals surface area contributed by atoms with Gasteiger partial charge in [0.25, 0.3) is 0 Å². The van der Waals surface area contributed by atoms with E-state index in [1.54, 1.807) is 0 Å². The van der Waals surface area contributed by atoms with E-state index < -0.39 is 0 Å². The molecule has 0 spiro atoms. The Kier molecular flexibility index (Phi) is 4.69. The molecule has 1 atom stereocenters. The predicted molar refractivity (Wildman–Crippen MR) is 86.3 cm³/mol. The number of hydrogen-bond donors (Lipinski definition) is 1. The molecule has 1 N–H and O–H groups in total. The van der Waals surface area contributed by atoms with Crippen molar-refractivity contribution in [2.45, 2.75) is 59.0 Å². The van der Waals surface area contributed by atoms with E-state index in [1.807, 2.05) is 6.20 Å². The Bertz CT molecular complexity index is 438. The first-order valence-corrected chi connectivity index (χ1v) is 7.96. The lowest BCUT2D eigenvalue weighted by atomic mass is 9.86. The zero-order chi connectivity index (χ0) is 14.8. The van der Waals surface area contributed by atoms with Gasteiger partial charge in [-0.15, -0.1) is 0 Å². The normalized spacial score (nSPS) is 22.3. The Labute approximate surface area is 123 Å². The largest absolute Gasteiger partial charge is 0.364 e. The maximum absolute atomic E-state index is 4.49. The summed E-state index contributed by atoms with van der Waals surface area (Å²) >= 11 is 0. The van der Waals surface area contributed by atoms with Crippen LogP contribution in [0.4, 0.5) is 5.69 Å². The molecule has 20 heavy (non-hydrogen) atoms. The zero-order valence-electron chi connectivity index (χ0n) is 13.6. The van der Waals surface area contributed by atoms with Crippen LogP contribution in [0, 0.1) is 12.8 Å². The van der Waals surface area contributed by atoms with E-state index in [4.69, 9.17) is 0 Å². The Morgan fingerprint density at radius 1 is 1.40 bits per heavy atom. The molecule has 3 heteroatoms. The van der Waals surface area contributed by atoms with Gasteiger partial charge in [-0.1, -0.05) is 27.7 Å². The molecular formula is C17H29N3. The smallest absolute Gasteiger partial charge is 0.0605 e. The van der Waals surface area contributed by atoms with E-state index >= 15 is 0 Å². The van der Waals surface area contributed by atoms with Crippen LogP contribution in [-0.2, 0) is 0 Å². The molecule has 0 amide bonds. The summed E-state index contributed by atoms with van der Waals surface area (Å²) in [5.41, 5.74) is 2.69. The van der Waals surface area contributed by atoms with Gasteiger partial charge in [-0.3, -0.25) is 4.98 Å². The lowest BCUT2D eigenvalue weighted by molar-refractivity contribution is 0.227. The molecule has 2 rings (SSSR count). The number of anilines is 1. The number of rotatable bonds is 4. The first-order valence-electron chi connectivity index (χ1n) is 7.96. The van der Waals surface area contributed by atoms with Crippen LogP contribution < -0.4 is 10.2 Å². The standard InChI is InChI=1S/C17H29N3/c1-6-17(7-2)12-20(16(11-19-17)13(3)4)15-9-8-10-18-14(15)5/h8-10,13,16,19H,6-7,11-12H2,1-5H3. The van der Waals surface area contributed by atoms with Crippen molar-refractivity contribution in [1.29, 1.82) is 0 Å². The molecular weight excluding hydrogens is 246 g/mol. The van der Waals surface area contributed by atoms with Gasteiger partial charge in [-0.25, -0.2) is 0 Å². The van der Waals surface area contributed by atoms with E-state index in [-0.39, 0.29) is 5.54 Å². The topological polar surface area (TPSA) is 28.2 Å². The first kappa shape index (κ1) is 15.3. The number of aryl methyl sites for hydroxylation is 1. The number of nitrogens with zero attached hydrogens (tertiary/aromatic N) is 2. The number of piperazine rings is 1. The van der Waals surface area contributed by atoms with Gasteiger partial charge in [0, 0.05) is 30.9 Å². The molecule has 1 saturated heterocycles. The van der Waals surface area contributed by atoms with Crippen molar-refractivity contribution in [3.63, 3.8) is 0 Å². The molecule has 0 saturated carbocycles. The SMILES string of the molecule is CCC1(CC)CN(c2cccnc2C)C(C(C)C)CN1. The summed E-state index contributed by atoms with van der Waals surface area (Å²) in [6, 6.07) is 4.82. The van der Waals surface area contributed by atoms with Gasteiger partial charge in [0.2, 0.25) is 0 Å². The molecule has 112 valence electrons. The zero-order valence-corrected chi connectivity index (χ0v) is 13.6. The monoisotopic (exact) mass is 275 g/mol. The molecule has 1 aromatic heterocycles. The van der Waals surface area contributed by atoms with Crippen LogP contribution in [0.25, 0.3) is 0 Å². The maximum atomic E-state index is 4.49. The highest BCUT2D eigenvalue weighted by atomic mass is 15.3. The fraction of sp³-hybridized carbons (Fsp3) is 0.706. The molecule has 1 aromatic rings. The molecule has 3 nitrogen and oxygen atoms in total. The van der Waals surface area contributed by atoms with Crippen LogP contribution in [0.1, 0.15) is 46.2 Å². The minimum Gasteiger partial charge on any atom is -0.364 e. The summed E-state index contributed by atoms with van der Waals surface area (Å²) in [4.78, 5) is 7.08. The van der Waals surface area contributed by atoms with Crippen molar-refractivity contribution in [3.8, 4) is 0 Å². The van der Waals surface area contributed by atoms with Crippen molar-refractivity contribution in [1.82, 2.24) is 10.3 Å². The van der Waals surface area contributed by atoms with Gasteiger partial charge in [0.05, 0.1) is 11.4 Å². The van der Waals surface area contributed by atoms with E-state index in [2.05, 4.69) is 62.0 Å². The Morgan fingerprint density at radius 3 is 2.65 bits per heavy atom. The van der Waals surface area contributed by atoms with Gasteiger partial charge < -0.3 is 10.2 Å². The third-order valence-corrected chi connectivity index (χ3v) is 4.97. The van der Waals surface area contributed by atoms with Crippen LogP contribution in [0.2, 0.25) is 0 Å². The highest BCUT2D eigenvalue weighted by Gasteiger charge is 2.38. The summed E-state index contributed by atoms with van der Waals surface area (Å²) in [6.07, 6.45) is 4.23. The number of pyridine rings is 1. The number of hydrogen-bond acceptors (Lipinski definition) is 3. The van der Waals surface area contributed by atoms with Crippen molar-refractivity contribution in [2.75, 3.05) is 18.0 Å². The molecule has 1 aliphatic heterocycles. The lowest BCUT2D eigenvalue weighted by Crippen LogP contribution is -2.65. The van der Waals surface area contributed by atoms with Crippen molar-refractivity contribution in [3.05, 3.63) is 24.0 Å². The summed E-state index contributed by atoms with van der Waals surface area (Å²) in [5.74, 6) is 0.633. The van der Waals surface area contributed by atoms with Crippen LogP contribution in [-0.4, -0.2) is 29.7 Å². The second-order valence-electron chi connectivity index (χ2n) is 6.42. The summed E-state index contributed by atoms with van der Waals surface area (Å²) in [5, 5.41) is 3.82. The third kappa shape index (κ3) is 2.83. The number of nitrogens with one attached hydrogen (secondary N) is 1. The minimum absolute atomic E-state index is 0.244. The van der Waals surface area contributed by atoms with Gasteiger partial charge in [0.1, 0.15) is 0 Å². The van der Waals surface area contributed by atoms with E-state index in [0.29, 0.717) is 12.0 Å². The molecule has 2 heterocycles. The number of aromatic nitrogens is 1. The minimum atomic E-state index is 0.244. The average molecular weight is 275 g/mol. The Hall–Kier alpha value is -1.09. The molecule has 1 fully saturated rings. The van der Waals surface area contributed by atoms with E-state index in [1.165, 1.54) is 18.5 Å². The van der Waals surface area contributed by atoms with Crippen LogP contribution in [0.5, 0.6) is 0 Å². The van der Waals surface area contributed by atoms with Crippen molar-refractivity contribution in [2.24, 2.45) is 5.92 Å². The van der Waals surface area contributed by atoms with Crippen molar-refractivity contribution < 1.29 is 0 Å². The summed E-state index contributed by atoms with van der Waals surface area (Å²) in [6.45, 7) is 13.5. The molecule has 1 unspecified atom stereocenters. The molecule has 0 aromatic carbocycles. The summed E-state index contributed by atoms with van der Waals surface area (Å²) in [7, 11) is 0. The third-order valence-electron chi connectivity index (χ3n) is 4.97. The maximum Gasteiger partial charge on any atom is 0.0605 e. The molecule has 0 radical (unpaired) electrons. The van der Waals surface area contributed by atoms with E-state index in [9.17, 15) is 0 Å². The van der Waals surface area contributed by atoms with Crippen molar-refractivity contribution >= 4 is 5.69 Å². The first-order chi connectivity index (χ1) is 9.53. The molecule has 0 aliphatic carbocycles. The Balaban J connectivity index is 2.35. The predicted octanol–water partition coefficient (Wildman–Crippen LogP) is 3.38. The van der Waals surface area contributed by atoms with Gasteiger partial charge in [-0.05, 0) is 37.8 Å². The second kappa shape index (κ2) is 6.13. The fourth-order valence-electron chi connectivity index (χ4n) is 3.29. The highest BCUT2D eigenvalue weighted by molar-refractivity contribution is 5.52. The van der Waals surface area contributed by atoms with Crippen LogP contribution in [0.3, 0.4) is 0 Å². The molecule has 0 bridgehead atoms. The summed E-state index contributed by atoms with van der Waals surface area (Å²) < 4.78 is 0. The molecule has 1 aliphatic rings. The van der Waals surface area contributed by atoms with Gasteiger partial charge in [-0.2, -0.15) is 0 Å². The highest BCUT2D eigenvalue weighted by Crippen LogP contribution is 2.31. The van der Waals surface area contributed by atoms with Crippen LogP contribution >= 0.6 is 0 Å². The van der Waals surface area contributed by atoms with Crippen LogP contribution in [0.15, 0.2) is 18.3 Å². The van der Waals surface area contributed by atoms with Gasteiger partial charge in [0.15, 0.2) is 0 Å². The fourth-order valence-corrected chi connectivity index (χ4v) is 3.29. The Morgan fingerprint density at radius 2 is 2.10 bits per heavy atom. The quantitative estimate of drug-likeness (QED) is 0.913. The van der Waals surface area contributed by atoms with E-state index in [0.717, 1.165) is 18.8 Å². The average Bonchev–Trinajstić information content (AvgIpc) is 2.47. The second-order valence-corrected chi connectivity index (χ2v) is 6.42. The van der Waals surface area contributed by atoms with Gasteiger partial charge >= 0.3 is 0 Å².